The minimum absolute atomic E-state index is 0.137. The molecule has 0 amide bonds. The van der Waals surface area contributed by atoms with Crippen LogP contribution < -0.4 is 4.90 Å². The minimum Gasteiger partial charge on any atom is -0.381 e. The molecule has 0 aromatic carbocycles. The summed E-state index contributed by atoms with van der Waals surface area (Å²) in [6, 6.07) is 3.95. The number of aromatic amines is 1. The predicted molar refractivity (Wildman–Crippen MR) is 100 cm³/mol. The molecule has 4 rings (SSSR count). The van der Waals surface area contributed by atoms with E-state index in [0.29, 0.717) is 5.92 Å². The zero-order chi connectivity index (χ0) is 18.3. The number of hydrogen-bond acceptors (Lipinski definition) is 5. The third kappa shape index (κ3) is 3.38. The van der Waals surface area contributed by atoms with E-state index < -0.39 is 9.84 Å². The van der Waals surface area contributed by atoms with E-state index in [4.69, 9.17) is 4.74 Å². The van der Waals surface area contributed by atoms with Gasteiger partial charge in [0.15, 0.2) is 14.9 Å². The molecule has 7 heteroatoms. The lowest BCUT2D eigenvalue weighted by molar-refractivity contribution is 0.0794. The lowest BCUT2D eigenvalue weighted by Crippen LogP contribution is -2.30. The Morgan fingerprint density at radius 1 is 1.35 bits per heavy atom. The molecule has 0 radical (unpaired) electrons. The molecule has 26 heavy (non-hydrogen) atoms. The van der Waals surface area contributed by atoms with Gasteiger partial charge in [-0.3, -0.25) is 0 Å². The first-order valence-corrected chi connectivity index (χ1v) is 11.0. The fourth-order valence-electron chi connectivity index (χ4n) is 3.93. The van der Waals surface area contributed by atoms with Crippen LogP contribution >= 0.6 is 0 Å². The molecule has 2 aliphatic heterocycles. The van der Waals surface area contributed by atoms with Crippen LogP contribution in [-0.2, 0) is 27.5 Å². The molecule has 0 spiro atoms. The van der Waals surface area contributed by atoms with Crippen molar-refractivity contribution in [1.82, 2.24) is 9.97 Å². The highest BCUT2D eigenvalue weighted by atomic mass is 32.2. The van der Waals surface area contributed by atoms with Crippen LogP contribution in [0.3, 0.4) is 0 Å². The number of aryl methyl sites for hydroxylation is 1. The Labute approximate surface area is 154 Å². The van der Waals surface area contributed by atoms with E-state index in [-0.39, 0.29) is 5.03 Å². The second-order valence-electron chi connectivity index (χ2n) is 7.40. The number of rotatable bonds is 3. The molecule has 4 heterocycles. The van der Waals surface area contributed by atoms with Gasteiger partial charge in [-0.15, -0.1) is 0 Å². The van der Waals surface area contributed by atoms with E-state index >= 15 is 0 Å². The van der Waals surface area contributed by atoms with E-state index in [1.807, 2.05) is 6.92 Å². The van der Waals surface area contributed by atoms with Gasteiger partial charge >= 0.3 is 0 Å². The van der Waals surface area contributed by atoms with Crippen molar-refractivity contribution < 1.29 is 13.2 Å². The normalized spacial score (nSPS) is 20.8. The van der Waals surface area contributed by atoms with Gasteiger partial charge in [0.05, 0.1) is 18.5 Å². The number of anilines is 1. The van der Waals surface area contributed by atoms with Crippen molar-refractivity contribution in [3.05, 3.63) is 40.8 Å². The lowest BCUT2D eigenvalue weighted by atomic mass is 9.98. The monoisotopic (exact) mass is 375 g/mol. The Kier molecular flexibility index (Phi) is 4.52. The number of ether oxygens (including phenoxy) is 1. The summed E-state index contributed by atoms with van der Waals surface area (Å²) >= 11 is 0. The van der Waals surface area contributed by atoms with Gasteiger partial charge in [-0.2, -0.15) is 0 Å². The number of H-pyrrole nitrogens is 1. The fourth-order valence-corrected chi connectivity index (χ4v) is 4.56. The Hall–Kier alpha value is -1.86. The summed E-state index contributed by atoms with van der Waals surface area (Å²) in [5.41, 5.74) is 5.88. The van der Waals surface area contributed by atoms with Crippen molar-refractivity contribution in [2.45, 2.75) is 43.7 Å². The maximum atomic E-state index is 11.7. The van der Waals surface area contributed by atoms with E-state index in [1.165, 1.54) is 29.6 Å². The first-order chi connectivity index (χ1) is 12.4. The molecule has 2 aromatic heterocycles. The van der Waals surface area contributed by atoms with Gasteiger partial charge in [0.1, 0.15) is 0 Å². The summed E-state index contributed by atoms with van der Waals surface area (Å²) in [5.74, 6) is 0.472. The van der Waals surface area contributed by atoms with Crippen molar-refractivity contribution >= 4 is 15.5 Å². The molecule has 0 bridgehead atoms. The van der Waals surface area contributed by atoms with Crippen LogP contribution in [0, 0.1) is 6.92 Å². The number of fused-ring (bicyclic) bond motifs is 1. The number of nitrogens with one attached hydrogen (secondary N) is 1. The summed E-state index contributed by atoms with van der Waals surface area (Å²) in [4.78, 5) is 10.1. The molecular formula is C19H25N3O3S. The maximum Gasteiger partial charge on any atom is 0.192 e. The van der Waals surface area contributed by atoms with Crippen molar-refractivity contribution in [1.29, 1.82) is 0 Å². The molecule has 1 saturated heterocycles. The molecule has 2 aliphatic rings. The molecule has 1 atom stereocenters. The van der Waals surface area contributed by atoms with Gasteiger partial charge in [-0.05, 0) is 43.0 Å². The first-order valence-electron chi connectivity index (χ1n) is 9.12. The molecule has 1 N–H and O–H groups in total. The standard InChI is InChI=1S/C19H25N3O3S/c1-13-8-19(26(2,23)24)20-10-18(13)22-6-5-16-15(11-22)9-17(21-16)14-4-3-7-25-12-14/h8-10,14,21H,3-7,11-12H2,1-2H3. The molecule has 140 valence electrons. The van der Waals surface area contributed by atoms with Gasteiger partial charge in [0.25, 0.3) is 0 Å². The van der Waals surface area contributed by atoms with Crippen molar-refractivity contribution in [3.63, 3.8) is 0 Å². The quantitative estimate of drug-likeness (QED) is 0.892. The van der Waals surface area contributed by atoms with E-state index in [0.717, 1.165) is 50.4 Å². The van der Waals surface area contributed by atoms with Gasteiger partial charge in [-0.25, -0.2) is 13.4 Å². The van der Waals surface area contributed by atoms with Crippen LogP contribution in [-0.4, -0.2) is 44.4 Å². The van der Waals surface area contributed by atoms with Gasteiger partial charge < -0.3 is 14.6 Å². The van der Waals surface area contributed by atoms with Gasteiger partial charge in [-0.1, -0.05) is 0 Å². The Bertz CT molecular complexity index is 914. The topological polar surface area (TPSA) is 75.3 Å². The molecular weight excluding hydrogens is 350 g/mol. The van der Waals surface area contributed by atoms with Crippen LogP contribution in [0.2, 0.25) is 0 Å². The van der Waals surface area contributed by atoms with Crippen LogP contribution in [0.5, 0.6) is 0 Å². The Balaban J connectivity index is 1.56. The average Bonchev–Trinajstić information content (AvgIpc) is 3.05. The van der Waals surface area contributed by atoms with Crippen LogP contribution in [0.25, 0.3) is 0 Å². The number of hydrogen-bond donors (Lipinski definition) is 1. The largest absolute Gasteiger partial charge is 0.381 e. The van der Waals surface area contributed by atoms with Crippen molar-refractivity contribution in [3.8, 4) is 0 Å². The maximum absolute atomic E-state index is 11.7. The SMILES string of the molecule is Cc1cc(S(C)(=O)=O)ncc1N1CCc2[nH]c(C3CCCOC3)cc2C1. The first kappa shape index (κ1) is 17.5. The summed E-state index contributed by atoms with van der Waals surface area (Å²) in [6.45, 7) is 5.34. The van der Waals surface area contributed by atoms with Crippen molar-refractivity contribution in [2.24, 2.45) is 0 Å². The predicted octanol–water partition coefficient (Wildman–Crippen LogP) is 2.58. The van der Waals surface area contributed by atoms with E-state index in [9.17, 15) is 8.42 Å². The van der Waals surface area contributed by atoms with Crippen LogP contribution in [0.15, 0.2) is 23.4 Å². The third-order valence-corrected chi connectivity index (χ3v) is 6.37. The van der Waals surface area contributed by atoms with Gasteiger partial charge in [0, 0.05) is 49.7 Å². The van der Waals surface area contributed by atoms with Crippen molar-refractivity contribution in [2.75, 3.05) is 30.9 Å². The minimum atomic E-state index is -3.28. The summed E-state index contributed by atoms with van der Waals surface area (Å²) in [6.07, 6.45) is 6.14. The molecule has 0 aliphatic carbocycles. The molecule has 1 fully saturated rings. The second-order valence-corrected chi connectivity index (χ2v) is 9.36. The Morgan fingerprint density at radius 3 is 2.88 bits per heavy atom. The lowest BCUT2D eigenvalue weighted by Gasteiger charge is -2.30. The zero-order valence-corrected chi connectivity index (χ0v) is 16.1. The molecule has 6 nitrogen and oxygen atoms in total. The number of sulfone groups is 1. The molecule has 1 unspecified atom stereocenters. The van der Waals surface area contributed by atoms with E-state index in [1.54, 1.807) is 12.3 Å². The summed E-state index contributed by atoms with van der Waals surface area (Å²) < 4.78 is 29.0. The average molecular weight is 375 g/mol. The third-order valence-electron chi connectivity index (χ3n) is 5.38. The highest BCUT2D eigenvalue weighted by molar-refractivity contribution is 7.90. The molecule has 2 aromatic rings. The number of pyridine rings is 1. The summed E-state index contributed by atoms with van der Waals surface area (Å²) in [5, 5.41) is 0.137. The Morgan fingerprint density at radius 2 is 2.19 bits per heavy atom. The van der Waals surface area contributed by atoms with Crippen LogP contribution in [0.4, 0.5) is 5.69 Å². The fraction of sp³-hybridized carbons (Fsp3) is 0.526. The highest BCUT2D eigenvalue weighted by Gasteiger charge is 2.24. The second kappa shape index (κ2) is 6.70. The van der Waals surface area contributed by atoms with E-state index in [2.05, 4.69) is 20.9 Å². The highest BCUT2D eigenvalue weighted by Crippen LogP contribution is 2.31. The smallest absolute Gasteiger partial charge is 0.192 e. The molecule has 0 saturated carbocycles. The number of aromatic nitrogens is 2. The van der Waals surface area contributed by atoms with Gasteiger partial charge in [0.2, 0.25) is 0 Å². The van der Waals surface area contributed by atoms with Crippen LogP contribution in [0.1, 0.15) is 41.3 Å². The zero-order valence-electron chi connectivity index (χ0n) is 15.3. The number of nitrogens with zero attached hydrogens (tertiary/aromatic N) is 2. The summed E-state index contributed by atoms with van der Waals surface area (Å²) in [7, 11) is -3.28.